The maximum atomic E-state index is 12.0. The van der Waals surface area contributed by atoms with Gasteiger partial charge in [0.2, 0.25) is 0 Å². The van der Waals surface area contributed by atoms with Crippen molar-refractivity contribution in [1.82, 2.24) is 9.78 Å². The third-order valence-corrected chi connectivity index (χ3v) is 4.24. The van der Waals surface area contributed by atoms with Crippen LogP contribution in [-0.2, 0) is 11.3 Å². The topological polar surface area (TPSA) is 76.4 Å². The Balaban J connectivity index is 2.13. The molecule has 1 fully saturated rings. The van der Waals surface area contributed by atoms with Gasteiger partial charge in [-0.1, -0.05) is 5.92 Å². The molecule has 0 aromatic carbocycles. The molecule has 1 aromatic rings. The smallest absolute Gasteiger partial charge is 0.284 e. The molecule has 0 radical (unpaired) electrons. The maximum Gasteiger partial charge on any atom is 0.284 e. The highest BCUT2D eigenvalue weighted by Crippen LogP contribution is 2.27. The Bertz CT molecular complexity index is 596. The van der Waals surface area contributed by atoms with Gasteiger partial charge in [0.15, 0.2) is 0 Å². The Kier molecular flexibility index (Phi) is 4.48. The Labute approximate surface area is 125 Å². The molecule has 0 spiro atoms. The van der Waals surface area contributed by atoms with Crippen LogP contribution in [0, 0.1) is 12.3 Å². The highest BCUT2D eigenvalue weighted by molar-refractivity contribution is 9.10. The third kappa shape index (κ3) is 2.87. The highest BCUT2D eigenvalue weighted by atomic mass is 79.9. The maximum absolute atomic E-state index is 12.0. The molecule has 1 saturated heterocycles. The van der Waals surface area contributed by atoms with Crippen LogP contribution in [-0.4, -0.2) is 39.7 Å². The van der Waals surface area contributed by atoms with Gasteiger partial charge in [-0.2, -0.15) is 5.10 Å². The van der Waals surface area contributed by atoms with E-state index >= 15 is 0 Å². The van der Waals surface area contributed by atoms with Gasteiger partial charge >= 0.3 is 0 Å². The molecule has 0 saturated carbocycles. The number of anilines is 1. The molecule has 0 amide bonds. The van der Waals surface area contributed by atoms with Gasteiger partial charge < -0.3 is 15.2 Å². The molecule has 0 bridgehead atoms. The van der Waals surface area contributed by atoms with Gasteiger partial charge in [-0.15, -0.1) is 6.42 Å². The van der Waals surface area contributed by atoms with Crippen LogP contribution in [0.25, 0.3) is 0 Å². The number of nitrogens with one attached hydrogen (secondary N) is 1. The van der Waals surface area contributed by atoms with Crippen molar-refractivity contribution >= 4 is 21.6 Å². The summed E-state index contributed by atoms with van der Waals surface area (Å²) < 4.78 is 6.89. The molecule has 7 heteroatoms. The van der Waals surface area contributed by atoms with E-state index in [-0.39, 0.29) is 24.8 Å². The largest absolute Gasteiger partial charge is 0.385 e. The minimum absolute atomic E-state index is 0.118. The lowest BCUT2D eigenvalue weighted by atomic mass is 9.97. The number of halogens is 1. The molecular weight excluding hydrogens is 326 g/mol. The summed E-state index contributed by atoms with van der Waals surface area (Å²) in [4.78, 5) is 12.0. The van der Waals surface area contributed by atoms with Crippen LogP contribution in [0.4, 0.5) is 5.69 Å². The number of aliphatic hydroxyl groups is 1. The third-order valence-electron chi connectivity index (χ3n) is 3.47. The summed E-state index contributed by atoms with van der Waals surface area (Å²) in [6.07, 6.45) is 6.98. The summed E-state index contributed by atoms with van der Waals surface area (Å²) in [7, 11) is 0. The summed E-state index contributed by atoms with van der Waals surface area (Å²) in [6.45, 7) is 2.76. The van der Waals surface area contributed by atoms with E-state index in [0.29, 0.717) is 23.2 Å². The van der Waals surface area contributed by atoms with E-state index in [1.165, 1.54) is 10.9 Å². The van der Waals surface area contributed by atoms with Crippen molar-refractivity contribution in [2.24, 2.45) is 0 Å². The lowest BCUT2D eigenvalue weighted by Gasteiger charge is -2.26. The Hall–Kier alpha value is -1.36. The summed E-state index contributed by atoms with van der Waals surface area (Å²) in [5.74, 6) is 2.36. The van der Waals surface area contributed by atoms with E-state index in [1.807, 2.05) is 6.92 Å². The predicted octanol–water partition coefficient (Wildman–Crippen LogP) is 0.591. The molecule has 2 heterocycles. The fraction of sp³-hybridized carbons (Fsp3) is 0.538. The molecule has 108 valence electrons. The van der Waals surface area contributed by atoms with Gasteiger partial charge in [0.25, 0.3) is 5.56 Å². The number of rotatable bonds is 4. The molecule has 2 atom stereocenters. The van der Waals surface area contributed by atoms with Crippen molar-refractivity contribution in [2.45, 2.75) is 31.6 Å². The first-order chi connectivity index (χ1) is 9.48. The van der Waals surface area contributed by atoms with E-state index in [4.69, 9.17) is 11.2 Å². The molecule has 20 heavy (non-hydrogen) atoms. The van der Waals surface area contributed by atoms with Crippen molar-refractivity contribution in [2.75, 3.05) is 18.5 Å². The Morgan fingerprint density at radius 3 is 3.15 bits per heavy atom. The van der Waals surface area contributed by atoms with Gasteiger partial charge in [-0.3, -0.25) is 4.79 Å². The number of ether oxygens (including phenoxy) is 1. The fourth-order valence-corrected chi connectivity index (χ4v) is 2.49. The van der Waals surface area contributed by atoms with Crippen molar-refractivity contribution < 1.29 is 9.84 Å². The van der Waals surface area contributed by atoms with Gasteiger partial charge in [-0.25, -0.2) is 4.68 Å². The molecule has 2 unspecified atom stereocenters. The first-order valence-corrected chi connectivity index (χ1v) is 7.04. The van der Waals surface area contributed by atoms with Crippen LogP contribution >= 0.6 is 15.9 Å². The first-order valence-electron chi connectivity index (χ1n) is 6.25. The normalized spacial score (nSPS) is 25.4. The standard InChI is InChI=1S/C13H16BrN3O3/c1-3-5-17-12(18)11(14)10(7-16-17)15-8-13(19)4-6-20-9(13)2/h1,7,9,15,19H,4-6,8H2,2H3. The van der Waals surface area contributed by atoms with Crippen LogP contribution in [0.3, 0.4) is 0 Å². The summed E-state index contributed by atoms with van der Waals surface area (Å²) in [5, 5.41) is 17.4. The van der Waals surface area contributed by atoms with Gasteiger partial charge in [0.1, 0.15) is 16.6 Å². The minimum atomic E-state index is -0.937. The van der Waals surface area contributed by atoms with E-state index in [9.17, 15) is 9.90 Å². The number of nitrogens with zero attached hydrogens (tertiary/aromatic N) is 2. The second kappa shape index (κ2) is 5.95. The van der Waals surface area contributed by atoms with E-state index in [1.54, 1.807) is 0 Å². The van der Waals surface area contributed by atoms with Crippen molar-refractivity contribution in [3.8, 4) is 12.3 Å². The monoisotopic (exact) mass is 341 g/mol. The molecule has 1 aliphatic rings. The average molecular weight is 342 g/mol. The van der Waals surface area contributed by atoms with Crippen LogP contribution in [0.5, 0.6) is 0 Å². The summed E-state index contributed by atoms with van der Waals surface area (Å²) >= 11 is 3.23. The van der Waals surface area contributed by atoms with Crippen LogP contribution < -0.4 is 10.9 Å². The van der Waals surface area contributed by atoms with Crippen molar-refractivity contribution in [1.29, 1.82) is 0 Å². The molecule has 1 aromatic heterocycles. The fourth-order valence-electron chi connectivity index (χ4n) is 2.04. The van der Waals surface area contributed by atoms with Gasteiger partial charge in [-0.05, 0) is 22.9 Å². The molecule has 6 nitrogen and oxygen atoms in total. The second-order valence-corrected chi connectivity index (χ2v) is 5.55. The summed E-state index contributed by atoms with van der Waals surface area (Å²) in [6, 6.07) is 0. The van der Waals surface area contributed by atoms with Crippen LogP contribution in [0.15, 0.2) is 15.5 Å². The zero-order valence-corrected chi connectivity index (χ0v) is 12.7. The van der Waals surface area contributed by atoms with E-state index in [2.05, 4.69) is 32.3 Å². The Morgan fingerprint density at radius 1 is 1.80 bits per heavy atom. The molecule has 0 aliphatic carbocycles. The first kappa shape index (κ1) is 15.0. The van der Waals surface area contributed by atoms with Crippen LogP contribution in [0.2, 0.25) is 0 Å². The molecule has 1 aliphatic heterocycles. The van der Waals surface area contributed by atoms with Crippen molar-refractivity contribution in [3.63, 3.8) is 0 Å². The van der Waals surface area contributed by atoms with Gasteiger partial charge in [0, 0.05) is 19.6 Å². The SMILES string of the molecule is C#CCn1ncc(NCC2(O)CCOC2C)c(Br)c1=O. The zero-order valence-electron chi connectivity index (χ0n) is 11.1. The lowest BCUT2D eigenvalue weighted by molar-refractivity contribution is -0.0176. The Morgan fingerprint density at radius 2 is 2.55 bits per heavy atom. The molecule has 2 rings (SSSR count). The minimum Gasteiger partial charge on any atom is -0.385 e. The summed E-state index contributed by atoms with van der Waals surface area (Å²) in [5.41, 5.74) is -0.723. The lowest BCUT2D eigenvalue weighted by Crippen LogP contribution is -2.43. The number of hydrogen-bond acceptors (Lipinski definition) is 5. The molecule has 2 N–H and O–H groups in total. The average Bonchev–Trinajstić information content (AvgIpc) is 2.75. The highest BCUT2D eigenvalue weighted by Gasteiger charge is 2.39. The quantitative estimate of drug-likeness (QED) is 0.784. The van der Waals surface area contributed by atoms with Gasteiger partial charge in [0.05, 0.1) is 18.0 Å². The zero-order chi connectivity index (χ0) is 14.8. The van der Waals surface area contributed by atoms with Crippen molar-refractivity contribution in [3.05, 3.63) is 21.0 Å². The number of aromatic nitrogens is 2. The van der Waals surface area contributed by atoms with E-state index < -0.39 is 5.60 Å². The number of hydrogen-bond donors (Lipinski definition) is 2. The number of terminal acetylenes is 1. The second-order valence-electron chi connectivity index (χ2n) is 4.76. The predicted molar refractivity (Wildman–Crippen MR) is 78.5 cm³/mol. The molecular formula is C13H16BrN3O3. The van der Waals surface area contributed by atoms with E-state index in [0.717, 1.165) is 0 Å². The van der Waals surface area contributed by atoms with Crippen LogP contribution in [0.1, 0.15) is 13.3 Å².